The standard InChI is InChI=1S/C16H19N3OS/c1-10-9-18-16(21-10)11(2)19-15(20)14-13-6-4-3-5-12(13)7-8-17-14/h3-6,9,11,14,17H,7-8H2,1-2H3,(H,19,20). The smallest absolute Gasteiger partial charge is 0.242 e. The van der Waals surface area contributed by atoms with Crippen molar-refractivity contribution in [3.63, 3.8) is 0 Å². The van der Waals surface area contributed by atoms with Gasteiger partial charge in [-0.15, -0.1) is 11.3 Å². The molecule has 21 heavy (non-hydrogen) atoms. The average molecular weight is 301 g/mol. The van der Waals surface area contributed by atoms with Gasteiger partial charge in [0.25, 0.3) is 0 Å². The Bertz CT molecular complexity index is 652. The molecule has 0 bridgehead atoms. The van der Waals surface area contributed by atoms with E-state index in [0.717, 1.165) is 28.4 Å². The fraction of sp³-hybridized carbons (Fsp3) is 0.375. The largest absolute Gasteiger partial charge is 0.345 e. The number of hydrogen-bond acceptors (Lipinski definition) is 4. The molecule has 2 aromatic rings. The molecule has 110 valence electrons. The van der Waals surface area contributed by atoms with Crippen LogP contribution in [-0.4, -0.2) is 17.4 Å². The molecular weight excluding hydrogens is 282 g/mol. The number of carbonyl (C=O) groups excluding carboxylic acids is 1. The van der Waals surface area contributed by atoms with Crippen molar-refractivity contribution in [2.24, 2.45) is 0 Å². The third-order valence-electron chi connectivity index (χ3n) is 3.74. The summed E-state index contributed by atoms with van der Waals surface area (Å²) in [6.45, 7) is 4.83. The summed E-state index contributed by atoms with van der Waals surface area (Å²) in [5, 5.41) is 7.32. The number of carbonyl (C=O) groups is 1. The maximum Gasteiger partial charge on any atom is 0.242 e. The lowest BCUT2D eigenvalue weighted by Gasteiger charge is -2.27. The molecule has 1 amide bonds. The fourth-order valence-electron chi connectivity index (χ4n) is 2.67. The first-order valence-electron chi connectivity index (χ1n) is 7.19. The second kappa shape index (κ2) is 5.95. The third-order valence-corrected chi connectivity index (χ3v) is 4.83. The Labute approximate surface area is 128 Å². The van der Waals surface area contributed by atoms with Crippen molar-refractivity contribution in [3.05, 3.63) is 51.5 Å². The molecule has 2 N–H and O–H groups in total. The van der Waals surface area contributed by atoms with E-state index in [2.05, 4.69) is 21.7 Å². The molecule has 4 nitrogen and oxygen atoms in total. The van der Waals surface area contributed by atoms with Crippen molar-refractivity contribution in [3.8, 4) is 0 Å². The maximum atomic E-state index is 12.6. The molecule has 2 unspecified atom stereocenters. The highest BCUT2D eigenvalue weighted by molar-refractivity contribution is 7.11. The molecule has 3 rings (SSSR count). The molecule has 1 aromatic heterocycles. The first kappa shape index (κ1) is 14.2. The van der Waals surface area contributed by atoms with E-state index in [1.807, 2.05) is 38.2 Å². The van der Waals surface area contributed by atoms with Gasteiger partial charge in [0.05, 0.1) is 6.04 Å². The maximum absolute atomic E-state index is 12.6. The van der Waals surface area contributed by atoms with Gasteiger partial charge in [-0.05, 0) is 31.4 Å². The van der Waals surface area contributed by atoms with Crippen LogP contribution in [0.15, 0.2) is 30.5 Å². The number of aryl methyl sites for hydroxylation is 1. The molecule has 2 atom stereocenters. The molecule has 1 aliphatic heterocycles. The van der Waals surface area contributed by atoms with Gasteiger partial charge >= 0.3 is 0 Å². The van der Waals surface area contributed by atoms with Crippen molar-refractivity contribution in [1.82, 2.24) is 15.6 Å². The highest BCUT2D eigenvalue weighted by Gasteiger charge is 2.27. The lowest BCUT2D eigenvalue weighted by molar-refractivity contribution is -0.124. The van der Waals surface area contributed by atoms with Gasteiger partial charge in [-0.3, -0.25) is 4.79 Å². The van der Waals surface area contributed by atoms with Crippen molar-refractivity contribution < 1.29 is 4.79 Å². The Hall–Kier alpha value is -1.72. The number of benzene rings is 1. The zero-order valence-electron chi connectivity index (χ0n) is 12.2. The predicted molar refractivity (Wildman–Crippen MR) is 84.3 cm³/mol. The molecule has 1 aliphatic rings. The molecule has 0 fully saturated rings. The van der Waals surface area contributed by atoms with E-state index in [1.165, 1.54) is 5.56 Å². The van der Waals surface area contributed by atoms with Crippen LogP contribution >= 0.6 is 11.3 Å². The Morgan fingerprint density at radius 1 is 1.48 bits per heavy atom. The summed E-state index contributed by atoms with van der Waals surface area (Å²) < 4.78 is 0. The Morgan fingerprint density at radius 2 is 2.29 bits per heavy atom. The number of rotatable bonds is 3. The SMILES string of the molecule is Cc1cnc(C(C)NC(=O)C2NCCc3ccccc32)s1. The topological polar surface area (TPSA) is 54.0 Å². The highest BCUT2D eigenvalue weighted by atomic mass is 32.1. The van der Waals surface area contributed by atoms with Crippen LogP contribution in [0.4, 0.5) is 0 Å². The summed E-state index contributed by atoms with van der Waals surface area (Å²) in [6, 6.07) is 7.82. The number of hydrogen-bond donors (Lipinski definition) is 2. The van der Waals surface area contributed by atoms with Gasteiger partial charge in [0.15, 0.2) is 0 Å². The van der Waals surface area contributed by atoms with Crippen LogP contribution in [-0.2, 0) is 11.2 Å². The zero-order chi connectivity index (χ0) is 14.8. The minimum Gasteiger partial charge on any atom is -0.345 e. The number of aromatic nitrogens is 1. The van der Waals surface area contributed by atoms with Gasteiger partial charge in [-0.2, -0.15) is 0 Å². The monoisotopic (exact) mass is 301 g/mol. The summed E-state index contributed by atoms with van der Waals surface area (Å²) in [4.78, 5) is 18.1. The van der Waals surface area contributed by atoms with Crippen LogP contribution in [0.25, 0.3) is 0 Å². The van der Waals surface area contributed by atoms with E-state index in [-0.39, 0.29) is 18.0 Å². The Morgan fingerprint density at radius 3 is 3.05 bits per heavy atom. The molecule has 0 saturated carbocycles. The molecule has 0 saturated heterocycles. The van der Waals surface area contributed by atoms with E-state index in [0.29, 0.717) is 0 Å². The van der Waals surface area contributed by atoms with E-state index in [9.17, 15) is 4.79 Å². The van der Waals surface area contributed by atoms with Crippen LogP contribution in [0.5, 0.6) is 0 Å². The number of thiazole rings is 1. The minimum atomic E-state index is -0.265. The zero-order valence-corrected chi connectivity index (χ0v) is 13.0. The quantitative estimate of drug-likeness (QED) is 0.916. The van der Waals surface area contributed by atoms with Gasteiger partial charge in [0.2, 0.25) is 5.91 Å². The van der Waals surface area contributed by atoms with Crippen LogP contribution in [0.1, 0.15) is 40.0 Å². The van der Waals surface area contributed by atoms with E-state index in [1.54, 1.807) is 11.3 Å². The van der Waals surface area contributed by atoms with Crippen molar-refractivity contribution in [2.45, 2.75) is 32.4 Å². The lowest BCUT2D eigenvalue weighted by Crippen LogP contribution is -2.42. The Balaban J connectivity index is 1.74. The second-order valence-corrected chi connectivity index (χ2v) is 6.64. The first-order chi connectivity index (χ1) is 10.1. The molecule has 0 radical (unpaired) electrons. The van der Waals surface area contributed by atoms with Crippen LogP contribution in [0, 0.1) is 6.92 Å². The van der Waals surface area contributed by atoms with Gasteiger partial charge in [-0.25, -0.2) is 4.98 Å². The summed E-state index contributed by atoms with van der Waals surface area (Å²) in [6.07, 6.45) is 2.82. The van der Waals surface area contributed by atoms with E-state index in [4.69, 9.17) is 0 Å². The van der Waals surface area contributed by atoms with Crippen LogP contribution in [0.2, 0.25) is 0 Å². The minimum absolute atomic E-state index is 0.0162. The molecule has 0 aliphatic carbocycles. The summed E-state index contributed by atoms with van der Waals surface area (Å²) in [5.74, 6) is 0.0162. The van der Waals surface area contributed by atoms with Crippen LogP contribution < -0.4 is 10.6 Å². The van der Waals surface area contributed by atoms with Crippen molar-refractivity contribution >= 4 is 17.2 Å². The number of fused-ring (bicyclic) bond motifs is 1. The van der Waals surface area contributed by atoms with Gasteiger partial charge < -0.3 is 10.6 Å². The van der Waals surface area contributed by atoms with Crippen LogP contribution in [0.3, 0.4) is 0 Å². The second-order valence-electron chi connectivity index (χ2n) is 5.38. The summed E-state index contributed by atoms with van der Waals surface area (Å²) in [5.41, 5.74) is 2.35. The van der Waals surface area contributed by atoms with Gasteiger partial charge in [0, 0.05) is 17.6 Å². The normalized spacial score (nSPS) is 18.9. The first-order valence-corrected chi connectivity index (χ1v) is 8.00. The van der Waals surface area contributed by atoms with Crippen molar-refractivity contribution in [2.75, 3.05) is 6.54 Å². The lowest BCUT2D eigenvalue weighted by atomic mass is 9.94. The molecule has 0 spiro atoms. The van der Waals surface area contributed by atoms with Crippen molar-refractivity contribution in [1.29, 1.82) is 0 Å². The summed E-state index contributed by atoms with van der Waals surface area (Å²) in [7, 11) is 0. The Kier molecular flexibility index (Phi) is 4.03. The highest BCUT2D eigenvalue weighted by Crippen LogP contribution is 2.24. The number of amides is 1. The fourth-order valence-corrected chi connectivity index (χ4v) is 3.45. The number of nitrogens with one attached hydrogen (secondary N) is 2. The molecule has 2 heterocycles. The van der Waals surface area contributed by atoms with Gasteiger partial charge in [0.1, 0.15) is 11.0 Å². The number of nitrogens with zero attached hydrogens (tertiary/aromatic N) is 1. The van der Waals surface area contributed by atoms with E-state index < -0.39 is 0 Å². The summed E-state index contributed by atoms with van der Waals surface area (Å²) >= 11 is 1.62. The molecule has 1 aromatic carbocycles. The average Bonchev–Trinajstić information content (AvgIpc) is 2.93. The molecular formula is C16H19N3OS. The molecule has 5 heteroatoms. The van der Waals surface area contributed by atoms with E-state index >= 15 is 0 Å². The third kappa shape index (κ3) is 2.99. The van der Waals surface area contributed by atoms with Gasteiger partial charge in [-0.1, -0.05) is 24.3 Å². The predicted octanol–water partition coefficient (Wildman–Crippen LogP) is 2.52.